The van der Waals surface area contributed by atoms with Crippen molar-refractivity contribution in [2.24, 2.45) is 23.5 Å². The van der Waals surface area contributed by atoms with E-state index in [1.165, 1.54) is 64.5 Å². The van der Waals surface area contributed by atoms with Gasteiger partial charge in [-0.3, -0.25) is 4.90 Å². The third kappa shape index (κ3) is 3.76. The Morgan fingerprint density at radius 1 is 1.05 bits per heavy atom. The molecule has 0 spiro atoms. The predicted octanol–water partition coefficient (Wildman–Crippen LogP) is 4.04. The predicted molar refractivity (Wildman–Crippen MR) is 87.8 cm³/mol. The molecule has 2 rings (SSSR count). The molecule has 1 saturated heterocycles. The molecule has 2 nitrogen and oxygen atoms in total. The standard InChI is InChI=1S/C18H36N2/c1-15(2)17-7-4-10-18(14-19,11-8-17)20-12-5-6-16(3)9-13-20/h15-17H,4-14,19H2,1-3H3. The van der Waals surface area contributed by atoms with E-state index >= 15 is 0 Å². The molecule has 0 radical (unpaired) electrons. The van der Waals surface area contributed by atoms with Crippen molar-refractivity contribution in [3.8, 4) is 0 Å². The first-order chi connectivity index (χ1) is 9.57. The molecule has 0 aromatic carbocycles. The first kappa shape index (κ1) is 16.3. The molecule has 0 aromatic heterocycles. The van der Waals surface area contributed by atoms with Gasteiger partial charge in [-0.2, -0.15) is 0 Å². The number of hydrogen-bond donors (Lipinski definition) is 1. The highest BCUT2D eigenvalue weighted by Crippen LogP contribution is 2.38. The first-order valence-electron chi connectivity index (χ1n) is 9.02. The van der Waals surface area contributed by atoms with Crippen LogP contribution in [0.5, 0.6) is 0 Å². The van der Waals surface area contributed by atoms with Crippen molar-refractivity contribution in [1.82, 2.24) is 4.90 Å². The van der Waals surface area contributed by atoms with Crippen molar-refractivity contribution in [3.05, 3.63) is 0 Å². The topological polar surface area (TPSA) is 29.3 Å². The van der Waals surface area contributed by atoms with Crippen LogP contribution in [0.2, 0.25) is 0 Å². The maximum atomic E-state index is 6.30. The van der Waals surface area contributed by atoms with Crippen LogP contribution in [-0.2, 0) is 0 Å². The SMILES string of the molecule is CC1CCCN(C2(CN)CCCC(C(C)C)CC2)CC1. The second-order valence-corrected chi connectivity index (χ2v) is 7.89. The van der Waals surface area contributed by atoms with Crippen LogP contribution in [-0.4, -0.2) is 30.1 Å². The summed E-state index contributed by atoms with van der Waals surface area (Å²) >= 11 is 0. The molecule has 2 heteroatoms. The van der Waals surface area contributed by atoms with E-state index in [0.717, 1.165) is 24.3 Å². The Balaban J connectivity index is 2.04. The minimum Gasteiger partial charge on any atom is -0.329 e. The highest BCUT2D eigenvalue weighted by atomic mass is 15.2. The van der Waals surface area contributed by atoms with Gasteiger partial charge in [0.2, 0.25) is 0 Å². The van der Waals surface area contributed by atoms with Gasteiger partial charge < -0.3 is 5.73 Å². The van der Waals surface area contributed by atoms with Gasteiger partial charge in [0.25, 0.3) is 0 Å². The normalized spacial score (nSPS) is 37.6. The minimum absolute atomic E-state index is 0.327. The van der Waals surface area contributed by atoms with Gasteiger partial charge in [-0.1, -0.05) is 33.6 Å². The lowest BCUT2D eigenvalue weighted by Gasteiger charge is -2.43. The van der Waals surface area contributed by atoms with Gasteiger partial charge in [-0.15, -0.1) is 0 Å². The van der Waals surface area contributed by atoms with Crippen molar-refractivity contribution in [1.29, 1.82) is 0 Å². The van der Waals surface area contributed by atoms with Crippen molar-refractivity contribution >= 4 is 0 Å². The molecule has 1 aliphatic carbocycles. The summed E-state index contributed by atoms with van der Waals surface area (Å²) in [4.78, 5) is 2.79. The molecule has 1 saturated carbocycles. The monoisotopic (exact) mass is 280 g/mol. The maximum absolute atomic E-state index is 6.30. The number of rotatable bonds is 3. The van der Waals surface area contributed by atoms with Crippen molar-refractivity contribution < 1.29 is 0 Å². The third-order valence-corrected chi connectivity index (χ3v) is 6.21. The van der Waals surface area contributed by atoms with Gasteiger partial charge in [0, 0.05) is 12.1 Å². The number of nitrogens with zero attached hydrogens (tertiary/aromatic N) is 1. The lowest BCUT2D eigenvalue weighted by atomic mass is 9.85. The van der Waals surface area contributed by atoms with Crippen LogP contribution < -0.4 is 5.73 Å². The molecule has 2 N–H and O–H groups in total. The number of nitrogens with two attached hydrogens (primary N) is 1. The largest absolute Gasteiger partial charge is 0.329 e. The van der Waals surface area contributed by atoms with E-state index in [0.29, 0.717) is 5.54 Å². The van der Waals surface area contributed by atoms with E-state index < -0.39 is 0 Å². The first-order valence-corrected chi connectivity index (χ1v) is 9.02. The van der Waals surface area contributed by atoms with Gasteiger partial charge in [-0.25, -0.2) is 0 Å². The summed E-state index contributed by atoms with van der Waals surface area (Å²) in [7, 11) is 0. The third-order valence-electron chi connectivity index (χ3n) is 6.21. The van der Waals surface area contributed by atoms with E-state index in [2.05, 4.69) is 25.7 Å². The summed E-state index contributed by atoms with van der Waals surface area (Å²) in [6.07, 6.45) is 11.0. The van der Waals surface area contributed by atoms with Gasteiger partial charge in [0.1, 0.15) is 0 Å². The van der Waals surface area contributed by atoms with Crippen LogP contribution >= 0.6 is 0 Å². The molecular weight excluding hydrogens is 244 g/mol. The Labute approximate surface area is 126 Å². The van der Waals surface area contributed by atoms with Crippen molar-refractivity contribution in [2.75, 3.05) is 19.6 Å². The van der Waals surface area contributed by atoms with Gasteiger partial charge >= 0.3 is 0 Å². The van der Waals surface area contributed by atoms with Crippen LogP contribution in [0.3, 0.4) is 0 Å². The minimum atomic E-state index is 0.327. The summed E-state index contributed by atoms with van der Waals surface area (Å²) in [5.74, 6) is 2.67. The quantitative estimate of drug-likeness (QED) is 0.791. The van der Waals surface area contributed by atoms with Crippen LogP contribution in [0.1, 0.15) is 72.1 Å². The van der Waals surface area contributed by atoms with Crippen LogP contribution in [0.25, 0.3) is 0 Å². The summed E-state index contributed by atoms with van der Waals surface area (Å²) in [6, 6.07) is 0. The molecule has 2 fully saturated rings. The number of hydrogen-bond acceptors (Lipinski definition) is 2. The summed E-state index contributed by atoms with van der Waals surface area (Å²) in [5.41, 5.74) is 6.63. The van der Waals surface area contributed by atoms with Gasteiger partial charge in [0.15, 0.2) is 0 Å². The molecule has 2 aliphatic rings. The van der Waals surface area contributed by atoms with Crippen molar-refractivity contribution in [3.63, 3.8) is 0 Å². The Morgan fingerprint density at radius 2 is 1.85 bits per heavy atom. The highest BCUT2D eigenvalue weighted by Gasteiger charge is 2.38. The lowest BCUT2D eigenvalue weighted by molar-refractivity contribution is 0.0789. The summed E-state index contributed by atoms with van der Waals surface area (Å²) in [6.45, 7) is 10.6. The van der Waals surface area contributed by atoms with E-state index in [1.54, 1.807) is 0 Å². The highest BCUT2D eigenvalue weighted by molar-refractivity contribution is 4.95. The summed E-state index contributed by atoms with van der Waals surface area (Å²) < 4.78 is 0. The van der Waals surface area contributed by atoms with E-state index in [-0.39, 0.29) is 0 Å². The molecule has 0 amide bonds. The van der Waals surface area contributed by atoms with Crippen LogP contribution in [0.15, 0.2) is 0 Å². The van der Waals surface area contributed by atoms with E-state index in [1.807, 2.05) is 0 Å². The number of likely N-dealkylation sites (tertiary alicyclic amines) is 1. The maximum Gasteiger partial charge on any atom is 0.0331 e. The summed E-state index contributed by atoms with van der Waals surface area (Å²) in [5, 5.41) is 0. The van der Waals surface area contributed by atoms with Gasteiger partial charge in [-0.05, 0) is 69.4 Å². The molecule has 20 heavy (non-hydrogen) atoms. The molecule has 3 unspecified atom stereocenters. The molecule has 3 atom stereocenters. The smallest absolute Gasteiger partial charge is 0.0331 e. The fraction of sp³-hybridized carbons (Fsp3) is 1.00. The lowest BCUT2D eigenvalue weighted by Crippen LogP contribution is -2.54. The average Bonchev–Trinajstić information content (AvgIpc) is 2.77. The molecule has 1 aliphatic heterocycles. The second kappa shape index (κ2) is 7.26. The van der Waals surface area contributed by atoms with Crippen LogP contribution in [0, 0.1) is 17.8 Å². The fourth-order valence-electron chi connectivity index (χ4n) is 4.47. The average molecular weight is 281 g/mol. The van der Waals surface area contributed by atoms with Crippen LogP contribution in [0.4, 0.5) is 0 Å². The van der Waals surface area contributed by atoms with Gasteiger partial charge in [0.05, 0.1) is 0 Å². The Kier molecular flexibility index (Phi) is 5.92. The molecule has 1 heterocycles. The zero-order valence-electron chi connectivity index (χ0n) is 14.0. The van der Waals surface area contributed by atoms with E-state index in [4.69, 9.17) is 5.73 Å². The Bertz CT molecular complexity index is 289. The fourth-order valence-corrected chi connectivity index (χ4v) is 4.47. The molecule has 0 aromatic rings. The van der Waals surface area contributed by atoms with Crippen molar-refractivity contribution in [2.45, 2.75) is 77.7 Å². The molecule has 118 valence electrons. The second-order valence-electron chi connectivity index (χ2n) is 7.89. The molecular formula is C18H36N2. The Hall–Kier alpha value is -0.0800. The zero-order chi connectivity index (χ0) is 14.6. The van der Waals surface area contributed by atoms with E-state index in [9.17, 15) is 0 Å². The molecule has 0 bridgehead atoms. The zero-order valence-corrected chi connectivity index (χ0v) is 14.0. The Morgan fingerprint density at radius 3 is 2.55 bits per heavy atom.